The van der Waals surface area contributed by atoms with Crippen LogP contribution in [0, 0.1) is 45.3 Å². The minimum Gasteiger partial charge on any atom is -0.351 e. The van der Waals surface area contributed by atoms with Crippen LogP contribution in [0.2, 0.25) is 0 Å². The van der Waals surface area contributed by atoms with Gasteiger partial charge in [-0.15, -0.1) is 0 Å². The lowest BCUT2D eigenvalue weighted by Crippen LogP contribution is -2.53. The lowest BCUT2D eigenvalue weighted by molar-refractivity contribution is -0.288. The molecule has 5 rings (SSSR count). The monoisotopic (exact) mass is 472 g/mol. The molecule has 0 aromatic heterocycles. The van der Waals surface area contributed by atoms with Crippen LogP contribution >= 0.6 is 0 Å². The van der Waals surface area contributed by atoms with Gasteiger partial charge in [0.2, 0.25) is 0 Å². The fraction of sp³-hybridized carbons (Fsp3) is 0.867. The van der Waals surface area contributed by atoms with Gasteiger partial charge in [0.1, 0.15) is 0 Å². The van der Waals surface area contributed by atoms with E-state index in [-0.39, 0.29) is 21.7 Å². The van der Waals surface area contributed by atoms with E-state index in [1.54, 1.807) is 0 Å². The van der Waals surface area contributed by atoms with E-state index >= 15 is 0 Å². The van der Waals surface area contributed by atoms with E-state index < -0.39 is 11.6 Å². The normalized spacial score (nSPS) is 50.5. The van der Waals surface area contributed by atoms with Crippen LogP contribution in [0.4, 0.5) is 0 Å². The van der Waals surface area contributed by atoms with E-state index in [1.165, 1.54) is 48.0 Å². The van der Waals surface area contributed by atoms with Gasteiger partial charge in [0.15, 0.2) is 11.6 Å². The lowest BCUT2D eigenvalue weighted by atomic mass is 9.56. The SMILES string of the molecule is COC1(OC)[C@@]2(C)C(C)=C(C)[C@@]1(C)[C@@H]1CC[C@H]3[C@H](CC[C@H]12)[C@@]1(C)C(C)=C(C)[C@@]3(C)C1(OC)OC. The summed E-state index contributed by atoms with van der Waals surface area (Å²) in [6, 6.07) is 0. The zero-order valence-corrected chi connectivity index (χ0v) is 23.8. The van der Waals surface area contributed by atoms with Gasteiger partial charge < -0.3 is 18.9 Å². The maximum atomic E-state index is 6.43. The molecule has 0 N–H and O–H groups in total. The highest BCUT2D eigenvalue weighted by molar-refractivity contribution is 5.47. The number of fused-ring (bicyclic) bond motifs is 10. The second kappa shape index (κ2) is 7.00. The second-order valence-electron chi connectivity index (χ2n) is 12.9. The summed E-state index contributed by atoms with van der Waals surface area (Å²) in [5, 5.41) is 0. The van der Waals surface area contributed by atoms with Crippen molar-refractivity contribution in [2.75, 3.05) is 28.4 Å². The average Bonchev–Trinajstić information content (AvgIpc) is 3.19. The summed E-state index contributed by atoms with van der Waals surface area (Å²) in [7, 11) is 7.46. The summed E-state index contributed by atoms with van der Waals surface area (Å²) < 4.78 is 25.7. The van der Waals surface area contributed by atoms with E-state index in [0.717, 1.165) is 0 Å². The van der Waals surface area contributed by atoms with Crippen molar-refractivity contribution in [1.82, 2.24) is 0 Å². The van der Waals surface area contributed by atoms with Gasteiger partial charge >= 0.3 is 0 Å². The highest BCUT2D eigenvalue weighted by atomic mass is 16.7. The van der Waals surface area contributed by atoms with Gasteiger partial charge in [-0.2, -0.15) is 0 Å². The summed E-state index contributed by atoms with van der Waals surface area (Å²) in [5.74, 6) is 0.987. The Hall–Kier alpha value is -0.680. The third-order valence-electron chi connectivity index (χ3n) is 13.6. The molecule has 8 atom stereocenters. The Balaban J connectivity index is 1.64. The molecule has 0 radical (unpaired) electrons. The van der Waals surface area contributed by atoms with Crippen molar-refractivity contribution in [3.05, 3.63) is 22.3 Å². The van der Waals surface area contributed by atoms with Crippen molar-refractivity contribution in [3.8, 4) is 0 Å². The number of hydrogen-bond donors (Lipinski definition) is 0. The third-order valence-corrected chi connectivity index (χ3v) is 13.6. The molecule has 34 heavy (non-hydrogen) atoms. The molecule has 5 aliphatic carbocycles. The molecule has 0 aromatic carbocycles. The van der Waals surface area contributed by atoms with Crippen LogP contribution in [-0.2, 0) is 18.9 Å². The topological polar surface area (TPSA) is 36.9 Å². The van der Waals surface area contributed by atoms with Crippen LogP contribution in [0.5, 0.6) is 0 Å². The molecular formula is C30H48O4. The maximum Gasteiger partial charge on any atom is 0.186 e. The van der Waals surface area contributed by atoms with Gasteiger partial charge in [-0.1, -0.05) is 50.0 Å². The first-order valence-corrected chi connectivity index (χ1v) is 13.4. The molecule has 5 aliphatic rings. The minimum absolute atomic E-state index is 0.115. The van der Waals surface area contributed by atoms with Crippen LogP contribution in [-0.4, -0.2) is 40.0 Å². The molecule has 0 aliphatic heterocycles. The third kappa shape index (κ3) is 1.96. The van der Waals surface area contributed by atoms with Gasteiger partial charge in [-0.25, -0.2) is 0 Å². The van der Waals surface area contributed by atoms with E-state index in [0.29, 0.717) is 23.7 Å². The summed E-state index contributed by atoms with van der Waals surface area (Å²) in [6.45, 7) is 19.1. The largest absolute Gasteiger partial charge is 0.351 e. The smallest absolute Gasteiger partial charge is 0.186 e. The minimum atomic E-state index is -0.595. The molecular weight excluding hydrogens is 424 g/mol. The Kier molecular flexibility index (Phi) is 5.14. The first-order valence-electron chi connectivity index (χ1n) is 13.4. The summed E-state index contributed by atoms with van der Waals surface area (Å²) in [4.78, 5) is 0. The number of methoxy groups -OCH3 is 4. The average molecular weight is 473 g/mol. The predicted octanol–water partition coefficient (Wildman–Crippen LogP) is 6.76. The molecule has 192 valence electrons. The van der Waals surface area contributed by atoms with Gasteiger partial charge in [0.05, 0.1) is 0 Å². The van der Waals surface area contributed by atoms with Gasteiger partial charge in [0, 0.05) is 50.1 Å². The molecule has 4 bridgehead atoms. The maximum absolute atomic E-state index is 6.43. The van der Waals surface area contributed by atoms with Crippen molar-refractivity contribution in [1.29, 1.82) is 0 Å². The highest BCUT2D eigenvalue weighted by Crippen LogP contribution is 2.81. The lowest BCUT2D eigenvalue weighted by Gasteiger charge is -2.47. The molecule has 3 fully saturated rings. The Morgan fingerprint density at radius 2 is 0.618 bits per heavy atom. The Morgan fingerprint density at radius 3 is 0.765 bits per heavy atom. The fourth-order valence-electron chi connectivity index (χ4n) is 11.9. The number of rotatable bonds is 4. The molecule has 0 saturated heterocycles. The molecule has 3 saturated carbocycles. The summed E-state index contributed by atoms with van der Waals surface area (Å²) in [6.07, 6.45) is 4.77. The van der Waals surface area contributed by atoms with Crippen molar-refractivity contribution in [3.63, 3.8) is 0 Å². The van der Waals surface area contributed by atoms with Gasteiger partial charge in [-0.3, -0.25) is 0 Å². The molecule has 4 nitrogen and oxygen atoms in total. The van der Waals surface area contributed by atoms with Crippen molar-refractivity contribution in [2.45, 2.75) is 92.6 Å². The van der Waals surface area contributed by atoms with Crippen LogP contribution < -0.4 is 0 Å². The Labute approximate surface area is 207 Å². The van der Waals surface area contributed by atoms with Crippen molar-refractivity contribution in [2.24, 2.45) is 45.3 Å². The Morgan fingerprint density at radius 1 is 0.441 bits per heavy atom. The zero-order chi connectivity index (χ0) is 25.3. The molecule has 0 heterocycles. The number of ether oxygens (including phenoxy) is 4. The quantitative estimate of drug-likeness (QED) is 0.335. The van der Waals surface area contributed by atoms with Crippen molar-refractivity contribution < 1.29 is 18.9 Å². The van der Waals surface area contributed by atoms with Crippen molar-refractivity contribution >= 4 is 0 Å². The first-order chi connectivity index (χ1) is 15.8. The van der Waals surface area contributed by atoms with E-state index in [1.807, 2.05) is 28.4 Å². The predicted molar refractivity (Wildman–Crippen MR) is 135 cm³/mol. The highest BCUT2D eigenvalue weighted by Gasteiger charge is 2.82. The van der Waals surface area contributed by atoms with Crippen LogP contribution in [0.25, 0.3) is 0 Å². The zero-order valence-electron chi connectivity index (χ0n) is 23.8. The van der Waals surface area contributed by atoms with Gasteiger partial charge in [0.25, 0.3) is 0 Å². The Bertz CT molecular complexity index is 824. The molecule has 0 aromatic rings. The van der Waals surface area contributed by atoms with Gasteiger partial charge in [-0.05, 0) is 77.0 Å². The second-order valence-corrected chi connectivity index (χ2v) is 12.9. The molecule has 0 amide bonds. The molecule has 4 heteroatoms. The molecule has 0 spiro atoms. The van der Waals surface area contributed by atoms with Crippen LogP contribution in [0.1, 0.15) is 81.1 Å². The summed E-state index contributed by atoms with van der Waals surface area (Å²) in [5.41, 5.74) is 5.48. The van der Waals surface area contributed by atoms with E-state index in [9.17, 15) is 0 Å². The number of hydrogen-bond acceptors (Lipinski definition) is 4. The standard InChI is InChI=1S/C30H48O4/c1-17-18(2)26(6)22-15-16-24-23(14-13-21(22)25(17,5)29(26,31-9)32-10)27(7)19(3)20(4)28(24,8)30(27,33-11)34-12/h21-24H,13-16H2,1-12H3/t21-,22-,23+,24+,25+,26+,27-,28-. The van der Waals surface area contributed by atoms with E-state index in [4.69, 9.17) is 18.9 Å². The molecule has 0 unspecified atom stereocenters. The summed E-state index contributed by atoms with van der Waals surface area (Å²) >= 11 is 0. The van der Waals surface area contributed by atoms with Crippen LogP contribution in [0.3, 0.4) is 0 Å². The first kappa shape index (κ1) is 25.0. The fourth-order valence-corrected chi connectivity index (χ4v) is 11.9. The van der Waals surface area contributed by atoms with E-state index in [2.05, 4.69) is 55.4 Å². The van der Waals surface area contributed by atoms with Crippen LogP contribution in [0.15, 0.2) is 22.3 Å².